The molecule has 2 heterocycles. The molecule has 1 amide bonds. The van der Waals surface area contributed by atoms with E-state index in [1.807, 2.05) is 49.4 Å². The predicted molar refractivity (Wildman–Crippen MR) is 122 cm³/mol. The molecule has 0 saturated heterocycles. The van der Waals surface area contributed by atoms with Gasteiger partial charge in [0.1, 0.15) is 17.5 Å². The second-order valence-electron chi connectivity index (χ2n) is 7.57. The molecule has 0 aliphatic rings. The van der Waals surface area contributed by atoms with Crippen LogP contribution in [0.15, 0.2) is 71.9 Å². The van der Waals surface area contributed by atoms with Crippen molar-refractivity contribution in [2.24, 2.45) is 0 Å². The van der Waals surface area contributed by atoms with E-state index >= 15 is 0 Å². The van der Waals surface area contributed by atoms with Crippen LogP contribution in [0.4, 0.5) is 0 Å². The molecule has 0 fully saturated rings. The first-order valence-electron chi connectivity index (χ1n) is 10.5. The van der Waals surface area contributed by atoms with Gasteiger partial charge in [-0.3, -0.25) is 14.2 Å². The summed E-state index contributed by atoms with van der Waals surface area (Å²) in [4.78, 5) is 29.6. The average molecular weight is 431 g/mol. The highest BCUT2D eigenvalue weighted by Crippen LogP contribution is 2.11. The number of carbonyl (C=O) groups is 1. The first kappa shape index (κ1) is 21.3. The van der Waals surface area contributed by atoms with Gasteiger partial charge >= 0.3 is 0 Å². The highest BCUT2D eigenvalue weighted by atomic mass is 16.5. The molecule has 4 aromatic rings. The molecule has 4 rings (SSSR count). The summed E-state index contributed by atoms with van der Waals surface area (Å²) in [5, 5.41) is 7.58. The zero-order valence-electron chi connectivity index (χ0n) is 18.1. The van der Waals surface area contributed by atoms with Crippen molar-refractivity contribution in [3.63, 3.8) is 0 Å². The highest BCUT2D eigenvalue weighted by molar-refractivity contribution is 5.80. The number of para-hydroxylation sites is 1. The van der Waals surface area contributed by atoms with E-state index in [2.05, 4.69) is 15.4 Å². The van der Waals surface area contributed by atoms with Crippen LogP contribution in [0.3, 0.4) is 0 Å². The van der Waals surface area contributed by atoms with Crippen molar-refractivity contribution in [1.82, 2.24) is 24.6 Å². The molecular weight excluding hydrogens is 406 g/mol. The minimum atomic E-state index is -0.626. The monoisotopic (exact) mass is 431 g/mol. The number of carbonyl (C=O) groups excluding carboxylic acids is 1. The maximum absolute atomic E-state index is 12.9. The average Bonchev–Trinajstić information content (AvgIpc) is 3.21. The molecule has 0 radical (unpaired) electrons. The van der Waals surface area contributed by atoms with Gasteiger partial charge in [0.2, 0.25) is 0 Å². The molecule has 32 heavy (non-hydrogen) atoms. The number of aryl methyl sites for hydroxylation is 1. The molecule has 1 N–H and O–H groups in total. The number of fused-ring (bicyclic) bond motifs is 1. The summed E-state index contributed by atoms with van der Waals surface area (Å²) < 4.78 is 8.84. The Bertz CT molecular complexity index is 1280. The van der Waals surface area contributed by atoms with E-state index in [-0.39, 0.29) is 11.5 Å². The summed E-state index contributed by atoms with van der Waals surface area (Å²) in [7, 11) is 0. The zero-order valence-corrected chi connectivity index (χ0v) is 18.1. The molecule has 8 heteroatoms. The summed E-state index contributed by atoms with van der Waals surface area (Å²) in [6, 6.07) is 17.1. The molecule has 0 saturated carbocycles. The SMILES string of the molecule is Cc1ccccc1Cn1cnc2c(cnn2CCNC(=O)[C@@H](C)Oc2ccccc2)c1=O. The fraction of sp³-hybridized carbons (Fsp3) is 0.250. The largest absolute Gasteiger partial charge is 0.481 e. The van der Waals surface area contributed by atoms with Gasteiger partial charge in [0, 0.05) is 6.54 Å². The van der Waals surface area contributed by atoms with Gasteiger partial charge in [-0.05, 0) is 37.1 Å². The second-order valence-corrected chi connectivity index (χ2v) is 7.57. The van der Waals surface area contributed by atoms with E-state index in [9.17, 15) is 9.59 Å². The quantitative estimate of drug-likeness (QED) is 0.463. The Kier molecular flexibility index (Phi) is 6.30. The Labute approximate surface area is 185 Å². The first-order valence-corrected chi connectivity index (χ1v) is 10.5. The van der Waals surface area contributed by atoms with Crippen LogP contribution in [-0.2, 0) is 17.9 Å². The van der Waals surface area contributed by atoms with Gasteiger partial charge in [0.15, 0.2) is 11.8 Å². The number of rotatable bonds is 8. The van der Waals surface area contributed by atoms with Crippen LogP contribution >= 0.6 is 0 Å². The van der Waals surface area contributed by atoms with Crippen molar-refractivity contribution in [3.8, 4) is 5.75 Å². The topological polar surface area (TPSA) is 91.0 Å². The van der Waals surface area contributed by atoms with Crippen LogP contribution in [0.25, 0.3) is 11.0 Å². The Hall–Kier alpha value is -3.94. The van der Waals surface area contributed by atoms with Gasteiger partial charge in [-0.25, -0.2) is 9.67 Å². The molecule has 1 atom stereocenters. The van der Waals surface area contributed by atoms with E-state index in [0.29, 0.717) is 36.4 Å². The molecule has 0 bridgehead atoms. The van der Waals surface area contributed by atoms with Crippen LogP contribution in [0.2, 0.25) is 0 Å². The maximum Gasteiger partial charge on any atom is 0.264 e. The third-order valence-corrected chi connectivity index (χ3v) is 5.27. The van der Waals surface area contributed by atoms with E-state index in [4.69, 9.17) is 4.74 Å². The van der Waals surface area contributed by atoms with E-state index in [1.165, 1.54) is 6.20 Å². The lowest BCUT2D eigenvalue weighted by Crippen LogP contribution is -2.38. The van der Waals surface area contributed by atoms with Crippen molar-refractivity contribution >= 4 is 16.9 Å². The van der Waals surface area contributed by atoms with Crippen LogP contribution < -0.4 is 15.6 Å². The molecule has 2 aromatic carbocycles. The first-order chi connectivity index (χ1) is 15.5. The summed E-state index contributed by atoms with van der Waals surface area (Å²) in [6.45, 7) is 4.90. The molecule has 8 nitrogen and oxygen atoms in total. The lowest BCUT2D eigenvalue weighted by atomic mass is 10.1. The molecule has 0 aliphatic heterocycles. The number of hydrogen-bond donors (Lipinski definition) is 1. The summed E-state index contributed by atoms with van der Waals surface area (Å²) in [5.74, 6) is 0.415. The van der Waals surface area contributed by atoms with Crippen molar-refractivity contribution in [2.75, 3.05) is 6.54 Å². The second kappa shape index (κ2) is 9.47. The smallest absolute Gasteiger partial charge is 0.264 e. The highest BCUT2D eigenvalue weighted by Gasteiger charge is 2.15. The Morgan fingerprint density at radius 3 is 2.66 bits per heavy atom. The number of nitrogens with zero attached hydrogens (tertiary/aromatic N) is 4. The lowest BCUT2D eigenvalue weighted by Gasteiger charge is -2.14. The van der Waals surface area contributed by atoms with Crippen LogP contribution in [0, 0.1) is 6.92 Å². The van der Waals surface area contributed by atoms with Crippen molar-refractivity contribution in [1.29, 1.82) is 0 Å². The van der Waals surface area contributed by atoms with Crippen LogP contribution in [-0.4, -0.2) is 37.9 Å². The molecule has 0 aliphatic carbocycles. The molecular formula is C24H25N5O3. The van der Waals surface area contributed by atoms with Gasteiger partial charge < -0.3 is 10.1 Å². The number of hydrogen-bond acceptors (Lipinski definition) is 5. The number of amides is 1. The fourth-order valence-corrected chi connectivity index (χ4v) is 3.43. The number of benzene rings is 2. The number of ether oxygens (including phenoxy) is 1. The zero-order chi connectivity index (χ0) is 22.5. The Morgan fingerprint density at radius 2 is 1.88 bits per heavy atom. The maximum atomic E-state index is 12.9. The van der Waals surface area contributed by atoms with Gasteiger partial charge in [-0.1, -0.05) is 42.5 Å². The predicted octanol–water partition coefficient (Wildman–Crippen LogP) is 2.53. The van der Waals surface area contributed by atoms with Crippen LogP contribution in [0.1, 0.15) is 18.1 Å². The van der Waals surface area contributed by atoms with Crippen LogP contribution in [0.5, 0.6) is 5.75 Å². The minimum absolute atomic E-state index is 0.140. The standard InChI is InChI=1S/C24H25N5O3/c1-17-8-6-7-9-19(17)15-28-16-26-22-21(24(28)31)14-27-29(22)13-12-25-23(30)18(2)32-20-10-4-3-5-11-20/h3-11,14,16,18H,12-13,15H2,1-2H3,(H,25,30)/t18-/m1/s1. The molecule has 0 spiro atoms. The molecule has 2 aromatic heterocycles. The summed E-state index contributed by atoms with van der Waals surface area (Å²) in [5.41, 5.74) is 2.55. The number of nitrogens with one attached hydrogen (secondary N) is 1. The molecule has 164 valence electrons. The summed E-state index contributed by atoms with van der Waals surface area (Å²) >= 11 is 0. The van der Waals surface area contributed by atoms with E-state index in [0.717, 1.165) is 11.1 Å². The Balaban J connectivity index is 1.39. The fourth-order valence-electron chi connectivity index (χ4n) is 3.43. The minimum Gasteiger partial charge on any atom is -0.481 e. The Morgan fingerprint density at radius 1 is 1.12 bits per heavy atom. The van der Waals surface area contributed by atoms with Gasteiger partial charge in [0.05, 0.1) is 19.3 Å². The van der Waals surface area contributed by atoms with E-state index < -0.39 is 6.10 Å². The van der Waals surface area contributed by atoms with Crippen molar-refractivity contribution in [2.45, 2.75) is 33.0 Å². The van der Waals surface area contributed by atoms with Gasteiger partial charge in [-0.15, -0.1) is 0 Å². The summed E-state index contributed by atoms with van der Waals surface area (Å²) in [6.07, 6.45) is 2.45. The third kappa shape index (κ3) is 4.69. The van der Waals surface area contributed by atoms with Gasteiger partial charge in [0.25, 0.3) is 11.5 Å². The lowest BCUT2D eigenvalue weighted by molar-refractivity contribution is -0.127. The van der Waals surface area contributed by atoms with Crippen molar-refractivity contribution in [3.05, 3.63) is 88.6 Å². The number of aromatic nitrogens is 4. The van der Waals surface area contributed by atoms with E-state index in [1.54, 1.807) is 34.6 Å². The van der Waals surface area contributed by atoms with Crippen molar-refractivity contribution < 1.29 is 9.53 Å². The normalized spacial score (nSPS) is 11.9. The van der Waals surface area contributed by atoms with Gasteiger partial charge in [-0.2, -0.15) is 5.10 Å². The molecule has 0 unspecified atom stereocenters. The third-order valence-electron chi connectivity index (χ3n) is 5.27.